The number of hydrogen-bond acceptors (Lipinski definition) is 1. The minimum atomic E-state index is -1.26. The SMILES string of the molecule is CC#C[Si](C)(C)CCCCN=[N+]=[N-]. The lowest BCUT2D eigenvalue weighted by Crippen LogP contribution is -2.22. The zero-order chi connectivity index (χ0) is 10.2. The smallest absolute Gasteiger partial charge is 0.132 e. The van der Waals surface area contributed by atoms with Gasteiger partial charge in [0.25, 0.3) is 0 Å². The highest BCUT2D eigenvalue weighted by molar-refractivity contribution is 6.85. The molecule has 0 saturated heterocycles. The molecule has 0 saturated carbocycles. The van der Waals surface area contributed by atoms with Gasteiger partial charge in [-0.1, -0.05) is 24.6 Å². The first-order chi connectivity index (χ1) is 6.12. The molecule has 3 nitrogen and oxygen atoms in total. The van der Waals surface area contributed by atoms with Crippen molar-refractivity contribution in [2.45, 2.75) is 38.9 Å². The molecule has 0 bridgehead atoms. The van der Waals surface area contributed by atoms with E-state index in [1.165, 1.54) is 6.04 Å². The summed E-state index contributed by atoms with van der Waals surface area (Å²) in [6.45, 7) is 7.07. The summed E-state index contributed by atoms with van der Waals surface area (Å²) in [6, 6.07) is 1.20. The van der Waals surface area contributed by atoms with E-state index in [9.17, 15) is 0 Å². The van der Waals surface area contributed by atoms with Crippen LogP contribution in [0.1, 0.15) is 19.8 Å². The molecule has 0 amide bonds. The number of unbranched alkanes of at least 4 members (excludes halogenated alkanes) is 1. The van der Waals surface area contributed by atoms with Crippen molar-refractivity contribution in [1.29, 1.82) is 0 Å². The third-order valence-electron chi connectivity index (χ3n) is 1.84. The van der Waals surface area contributed by atoms with E-state index in [4.69, 9.17) is 5.53 Å². The second-order valence-corrected chi connectivity index (χ2v) is 8.19. The van der Waals surface area contributed by atoms with E-state index in [0.717, 1.165) is 12.8 Å². The quantitative estimate of drug-likeness (QED) is 0.161. The fraction of sp³-hybridized carbons (Fsp3) is 0.778. The van der Waals surface area contributed by atoms with Crippen LogP contribution >= 0.6 is 0 Å². The Hall–Kier alpha value is -0.913. The van der Waals surface area contributed by atoms with E-state index in [-0.39, 0.29) is 0 Å². The van der Waals surface area contributed by atoms with Crippen LogP contribution in [-0.2, 0) is 0 Å². The molecule has 0 aromatic rings. The molecule has 72 valence electrons. The van der Waals surface area contributed by atoms with Crippen LogP contribution in [0.15, 0.2) is 5.11 Å². The molecule has 4 heteroatoms. The minimum absolute atomic E-state index is 0.626. The molecule has 0 N–H and O–H groups in total. The minimum Gasteiger partial charge on any atom is -0.132 e. The van der Waals surface area contributed by atoms with Crippen LogP contribution in [0.2, 0.25) is 19.1 Å². The Labute approximate surface area is 81.2 Å². The highest BCUT2D eigenvalue weighted by Gasteiger charge is 2.16. The van der Waals surface area contributed by atoms with Gasteiger partial charge in [0.2, 0.25) is 0 Å². The van der Waals surface area contributed by atoms with Gasteiger partial charge in [-0.15, -0.1) is 11.5 Å². The second-order valence-electron chi connectivity index (χ2n) is 3.67. The molecule has 0 unspecified atom stereocenters. The summed E-state index contributed by atoms with van der Waals surface area (Å²) < 4.78 is 0. The van der Waals surface area contributed by atoms with Crippen molar-refractivity contribution in [1.82, 2.24) is 0 Å². The predicted octanol–water partition coefficient (Wildman–Crippen LogP) is 3.35. The summed E-state index contributed by atoms with van der Waals surface area (Å²) >= 11 is 0. The normalized spacial score (nSPS) is 9.77. The molecule has 0 radical (unpaired) electrons. The van der Waals surface area contributed by atoms with Crippen LogP contribution in [0.4, 0.5) is 0 Å². The lowest BCUT2D eigenvalue weighted by molar-refractivity contribution is 0.794. The predicted molar refractivity (Wildman–Crippen MR) is 59.0 cm³/mol. The average molecular weight is 195 g/mol. The lowest BCUT2D eigenvalue weighted by atomic mass is 10.3. The number of rotatable bonds is 5. The third kappa shape index (κ3) is 7.45. The molecular formula is C9H17N3Si. The van der Waals surface area contributed by atoms with Crippen LogP contribution in [0.25, 0.3) is 10.4 Å². The molecule has 0 heterocycles. The van der Waals surface area contributed by atoms with Gasteiger partial charge in [0.15, 0.2) is 0 Å². The van der Waals surface area contributed by atoms with Gasteiger partial charge in [0.1, 0.15) is 8.07 Å². The first-order valence-electron chi connectivity index (χ1n) is 4.57. The Bertz CT molecular complexity index is 243. The zero-order valence-electron chi connectivity index (χ0n) is 8.67. The zero-order valence-corrected chi connectivity index (χ0v) is 9.67. The molecule has 0 fully saturated rings. The van der Waals surface area contributed by atoms with E-state index in [1.807, 2.05) is 6.92 Å². The van der Waals surface area contributed by atoms with Crippen molar-refractivity contribution in [2.24, 2.45) is 5.11 Å². The highest BCUT2D eigenvalue weighted by Crippen LogP contribution is 2.12. The van der Waals surface area contributed by atoms with Crippen LogP contribution in [0.5, 0.6) is 0 Å². The number of hydrogen-bond donors (Lipinski definition) is 0. The molecular weight excluding hydrogens is 178 g/mol. The van der Waals surface area contributed by atoms with Crippen LogP contribution in [0.3, 0.4) is 0 Å². The Balaban J connectivity index is 3.61. The summed E-state index contributed by atoms with van der Waals surface area (Å²) in [7, 11) is -1.26. The van der Waals surface area contributed by atoms with Crippen LogP contribution < -0.4 is 0 Å². The fourth-order valence-corrected chi connectivity index (χ4v) is 3.13. The molecule has 0 spiro atoms. The van der Waals surface area contributed by atoms with Gasteiger partial charge in [0, 0.05) is 11.5 Å². The topological polar surface area (TPSA) is 48.8 Å². The maximum absolute atomic E-state index is 8.05. The van der Waals surface area contributed by atoms with Crippen molar-refractivity contribution < 1.29 is 0 Å². The highest BCUT2D eigenvalue weighted by atomic mass is 28.3. The summed E-state index contributed by atoms with van der Waals surface area (Å²) in [5.74, 6) is 2.99. The van der Waals surface area contributed by atoms with Gasteiger partial charge in [-0.2, -0.15) is 0 Å². The van der Waals surface area contributed by atoms with Gasteiger partial charge < -0.3 is 0 Å². The maximum Gasteiger partial charge on any atom is 0.132 e. The van der Waals surface area contributed by atoms with Crippen molar-refractivity contribution in [3.05, 3.63) is 10.4 Å². The standard InChI is InChI=1S/C9H17N3Si/c1-4-8-13(2,3)9-6-5-7-11-12-10/h5-7,9H2,1-3H3. The van der Waals surface area contributed by atoms with E-state index in [1.54, 1.807) is 0 Å². The first-order valence-corrected chi connectivity index (χ1v) is 7.78. The Morgan fingerprint density at radius 2 is 2.08 bits per heavy atom. The maximum atomic E-state index is 8.05. The number of nitrogens with zero attached hydrogens (tertiary/aromatic N) is 3. The second kappa shape index (κ2) is 6.59. The van der Waals surface area contributed by atoms with E-state index >= 15 is 0 Å². The van der Waals surface area contributed by atoms with Crippen LogP contribution in [-0.4, -0.2) is 14.6 Å². The molecule has 13 heavy (non-hydrogen) atoms. The average Bonchev–Trinajstić information content (AvgIpc) is 2.04. The van der Waals surface area contributed by atoms with Crippen molar-refractivity contribution in [2.75, 3.05) is 6.54 Å². The Kier molecular flexibility index (Phi) is 6.12. The van der Waals surface area contributed by atoms with Crippen molar-refractivity contribution in [3.63, 3.8) is 0 Å². The molecule has 0 aromatic carbocycles. The lowest BCUT2D eigenvalue weighted by Gasteiger charge is -2.13. The summed E-state index contributed by atoms with van der Waals surface area (Å²) in [4.78, 5) is 2.71. The van der Waals surface area contributed by atoms with Gasteiger partial charge in [-0.05, 0) is 24.9 Å². The number of azide groups is 1. The summed E-state index contributed by atoms with van der Waals surface area (Å²) in [6.07, 6.45) is 2.12. The first kappa shape index (κ1) is 12.1. The van der Waals surface area contributed by atoms with Crippen molar-refractivity contribution in [3.8, 4) is 11.5 Å². The van der Waals surface area contributed by atoms with Gasteiger partial charge in [0.05, 0.1) is 0 Å². The molecule has 0 atom stereocenters. The Morgan fingerprint density at radius 3 is 2.62 bits per heavy atom. The Morgan fingerprint density at radius 1 is 1.38 bits per heavy atom. The molecule has 0 aliphatic rings. The van der Waals surface area contributed by atoms with Crippen LogP contribution in [0, 0.1) is 11.5 Å². The fourth-order valence-electron chi connectivity index (χ4n) is 1.20. The van der Waals surface area contributed by atoms with E-state index in [2.05, 4.69) is 34.6 Å². The van der Waals surface area contributed by atoms with Gasteiger partial charge in [-0.25, -0.2) is 0 Å². The molecule has 0 aliphatic carbocycles. The summed E-state index contributed by atoms with van der Waals surface area (Å²) in [5.41, 5.74) is 11.4. The van der Waals surface area contributed by atoms with Crippen molar-refractivity contribution >= 4 is 8.07 Å². The monoisotopic (exact) mass is 195 g/mol. The van der Waals surface area contributed by atoms with Gasteiger partial charge >= 0.3 is 0 Å². The third-order valence-corrected chi connectivity index (χ3v) is 4.37. The molecule has 0 aromatic heterocycles. The molecule has 0 rings (SSSR count). The van der Waals surface area contributed by atoms with Gasteiger partial charge in [-0.3, -0.25) is 0 Å². The molecule has 0 aliphatic heterocycles. The van der Waals surface area contributed by atoms with E-state index < -0.39 is 8.07 Å². The van der Waals surface area contributed by atoms with E-state index in [0.29, 0.717) is 6.54 Å². The summed E-state index contributed by atoms with van der Waals surface area (Å²) in [5, 5.41) is 3.50. The largest absolute Gasteiger partial charge is 0.132 e.